The third kappa shape index (κ3) is 5.23. The number of nitrogens with zero attached hydrogens (tertiary/aromatic N) is 1. The second-order valence-electron chi connectivity index (χ2n) is 5.40. The maximum absolute atomic E-state index is 11.8. The standard InChI is InChI=1S/C17H22N2O4S/c1-19(2)24(20,21)18-15-6-10-17(11-7-15)23-16-8-4-14(5-9-16)12-13-22-3/h4-11,18H,12-13H2,1-3H3. The summed E-state index contributed by atoms with van der Waals surface area (Å²) in [6.07, 6.45) is 0.859. The molecule has 2 rings (SSSR count). The van der Waals surface area contributed by atoms with E-state index in [2.05, 4.69) is 4.72 Å². The lowest BCUT2D eigenvalue weighted by molar-refractivity contribution is 0.202. The predicted molar refractivity (Wildman–Crippen MR) is 94.8 cm³/mol. The van der Waals surface area contributed by atoms with Crippen LogP contribution in [0.3, 0.4) is 0 Å². The number of hydrogen-bond acceptors (Lipinski definition) is 4. The van der Waals surface area contributed by atoms with Crippen molar-refractivity contribution >= 4 is 15.9 Å². The Labute approximate surface area is 143 Å². The second-order valence-corrected chi connectivity index (χ2v) is 7.29. The highest BCUT2D eigenvalue weighted by molar-refractivity contribution is 7.90. The molecule has 7 heteroatoms. The molecule has 24 heavy (non-hydrogen) atoms. The Bertz CT molecular complexity index is 741. The highest BCUT2D eigenvalue weighted by Gasteiger charge is 2.12. The van der Waals surface area contributed by atoms with Gasteiger partial charge in [-0.25, -0.2) is 0 Å². The third-order valence-electron chi connectivity index (χ3n) is 3.34. The van der Waals surface area contributed by atoms with Gasteiger partial charge >= 0.3 is 10.2 Å². The largest absolute Gasteiger partial charge is 0.457 e. The van der Waals surface area contributed by atoms with Crippen molar-refractivity contribution in [3.8, 4) is 11.5 Å². The van der Waals surface area contributed by atoms with Gasteiger partial charge in [0.05, 0.1) is 12.3 Å². The Morgan fingerprint density at radius 3 is 2.00 bits per heavy atom. The van der Waals surface area contributed by atoms with Crippen molar-refractivity contribution in [3.63, 3.8) is 0 Å². The molecule has 0 heterocycles. The zero-order chi connectivity index (χ0) is 17.6. The summed E-state index contributed by atoms with van der Waals surface area (Å²) >= 11 is 0. The summed E-state index contributed by atoms with van der Waals surface area (Å²) in [5, 5.41) is 0. The summed E-state index contributed by atoms with van der Waals surface area (Å²) in [6.45, 7) is 0.685. The van der Waals surface area contributed by atoms with Gasteiger partial charge in [0.2, 0.25) is 0 Å². The lowest BCUT2D eigenvalue weighted by atomic mass is 10.1. The summed E-state index contributed by atoms with van der Waals surface area (Å²) in [5.41, 5.74) is 1.66. The van der Waals surface area contributed by atoms with E-state index in [0.29, 0.717) is 18.0 Å². The average molecular weight is 350 g/mol. The number of hydrogen-bond donors (Lipinski definition) is 1. The molecule has 0 aliphatic heterocycles. The molecule has 0 fully saturated rings. The Balaban J connectivity index is 1.99. The Hall–Kier alpha value is -2.09. The summed E-state index contributed by atoms with van der Waals surface area (Å²) in [4.78, 5) is 0. The van der Waals surface area contributed by atoms with Crippen LogP contribution in [-0.4, -0.2) is 40.5 Å². The smallest absolute Gasteiger partial charge is 0.301 e. The van der Waals surface area contributed by atoms with Gasteiger partial charge in [-0.15, -0.1) is 0 Å². The number of ether oxygens (including phenoxy) is 2. The third-order valence-corrected chi connectivity index (χ3v) is 4.79. The molecule has 2 aromatic rings. The van der Waals surface area contributed by atoms with E-state index >= 15 is 0 Å². The van der Waals surface area contributed by atoms with Crippen molar-refractivity contribution in [2.45, 2.75) is 6.42 Å². The molecule has 0 aromatic heterocycles. The molecular formula is C17H22N2O4S. The minimum atomic E-state index is -3.50. The van der Waals surface area contributed by atoms with Crippen LogP contribution in [0.25, 0.3) is 0 Å². The molecule has 0 saturated carbocycles. The summed E-state index contributed by atoms with van der Waals surface area (Å²) in [6, 6.07) is 14.5. The van der Waals surface area contributed by atoms with Crippen LogP contribution >= 0.6 is 0 Å². The van der Waals surface area contributed by atoms with E-state index in [4.69, 9.17) is 9.47 Å². The van der Waals surface area contributed by atoms with E-state index in [1.54, 1.807) is 31.4 Å². The minimum absolute atomic E-state index is 0.478. The highest BCUT2D eigenvalue weighted by Crippen LogP contribution is 2.24. The molecule has 0 radical (unpaired) electrons. The first-order valence-electron chi connectivity index (χ1n) is 7.47. The van der Waals surface area contributed by atoms with Crippen LogP contribution in [0.1, 0.15) is 5.56 Å². The van der Waals surface area contributed by atoms with Gasteiger partial charge in [0.1, 0.15) is 11.5 Å². The molecule has 0 saturated heterocycles. The van der Waals surface area contributed by atoms with E-state index in [1.807, 2.05) is 24.3 Å². The van der Waals surface area contributed by atoms with Crippen LogP contribution in [-0.2, 0) is 21.4 Å². The number of methoxy groups -OCH3 is 1. The lowest BCUT2D eigenvalue weighted by Crippen LogP contribution is -2.28. The lowest BCUT2D eigenvalue weighted by Gasteiger charge is -2.13. The first-order valence-corrected chi connectivity index (χ1v) is 8.91. The van der Waals surface area contributed by atoms with Crippen molar-refractivity contribution < 1.29 is 17.9 Å². The molecule has 0 aliphatic rings. The number of benzene rings is 2. The molecular weight excluding hydrogens is 328 g/mol. The van der Waals surface area contributed by atoms with E-state index in [0.717, 1.165) is 16.5 Å². The van der Waals surface area contributed by atoms with Crippen LogP contribution in [0.2, 0.25) is 0 Å². The fraction of sp³-hybridized carbons (Fsp3) is 0.294. The molecule has 6 nitrogen and oxygen atoms in total. The molecule has 0 aliphatic carbocycles. The normalized spacial score (nSPS) is 11.5. The first-order chi connectivity index (χ1) is 11.4. The van der Waals surface area contributed by atoms with Crippen molar-refractivity contribution in [3.05, 3.63) is 54.1 Å². The van der Waals surface area contributed by atoms with Crippen LogP contribution in [0.4, 0.5) is 5.69 Å². The van der Waals surface area contributed by atoms with Gasteiger partial charge in [-0.05, 0) is 48.4 Å². The maximum Gasteiger partial charge on any atom is 0.301 e. The summed E-state index contributed by atoms with van der Waals surface area (Å²) in [7, 11) is 1.11. The fourth-order valence-electron chi connectivity index (χ4n) is 1.91. The molecule has 0 amide bonds. The zero-order valence-electron chi connectivity index (χ0n) is 14.0. The molecule has 0 bridgehead atoms. The number of nitrogens with one attached hydrogen (secondary N) is 1. The van der Waals surface area contributed by atoms with Crippen LogP contribution < -0.4 is 9.46 Å². The summed E-state index contributed by atoms with van der Waals surface area (Å²) in [5.74, 6) is 1.35. The van der Waals surface area contributed by atoms with Crippen molar-refractivity contribution in [2.24, 2.45) is 0 Å². The van der Waals surface area contributed by atoms with E-state index in [-0.39, 0.29) is 0 Å². The maximum atomic E-state index is 11.8. The van der Waals surface area contributed by atoms with Gasteiger partial charge in [0, 0.05) is 21.2 Å². The van der Waals surface area contributed by atoms with Crippen LogP contribution in [0.5, 0.6) is 11.5 Å². The average Bonchev–Trinajstić information content (AvgIpc) is 2.55. The Kier molecular flexibility index (Phi) is 6.19. The van der Waals surface area contributed by atoms with Gasteiger partial charge in [0.25, 0.3) is 0 Å². The Morgan fingerprint density at radius 1 is 0.958 bits per heavy atom. The quantitative estimate of drug-likeness (QED) is 0.795. The first kappa shape index (κ1) is 18.3. The predicted octanol–water partition coefficient (Wildman–Crippen LogP) is 2.89. The van der Waals surface area contributed by atoms with E-state index in [9.17, 15) is 8.42 Å². The van der Waals surface area contributed by atoms with E-state index in [1.165, 1.54) is 19.7 Å². The molecule has 0 unspecified atom stereocenters. The van der Waals surface area contributed by atoms with Gasteiger partial charge < -0.3 is 9.47 Å². The fourth-order valence-corrected chi connectivity index (χ4v) is 2.53. The van der Waals surface area contributed by atoms with E-state index < -0.39 is 10.2 Å². The molecule has 1 N–H and O–H groups in total. The SMILES string of the molecule is COCCc1ccc(Oc2ccc(NS(=O)(=O)N(C)C)cc2)cc1. The summed E-state index contributed by atoms with van der Waals surface area (Å²) < 4.78 is 37.9. The molecule has 130 valence electrons. The minimum Gasteiger partial charge on any atom is -0.457 e. The Morgan fingerprint density at radius 2 is 1.50 bits per heavy atom. The topological polar surface area (TPSA) is 67.9 Å². The van der Waals surface area contributed by atoms with Crippen molar-refractivity contribution in [2.75, 3.05) is 32.5 Å². The van der Waals surface area contributed by atoms with Gasteiger partial charge in [-0.3, -0.25) is 4.72 Å². The van der Waals surface area contributed by atoms with Gasteiger partial charge in [0.15, 0.2) is 0 Å². The van der Waals surface area contributed by atoms with Crippen LogP contribution in [0, 0.1) is 0 Å². The second kappa shape index (κ2) is 8.14. The number of anilines is 1. The van der Waals surface area contributed by atoms with Crippen LogP contribution in [0.15, 0.2) is 48.5 Å². The zero-order valence-corrected chi connectivity index (χ0v) is 14.8. The van der Waals surface area contributed by atoms with Gasteiger partial charge in [-0.1, -0.05) is 12.1 Å². The highest BCUT2D eigenvalue weighted by atomic mass is 32.2. The molecule has 0 atom stereocenters. The molecule has 0 spiro atoms. The van der Waals surface area contributed by atoms with Crippen molar-refractivity contribution in [1.82, 2.24) is 4.31 Å². The number of rotatable bonds is 8. The molecule has 2 aromatic carbocycles. The monoisotopic (exact) mass is 350 g/mol. The van der Waals surface area contributed by atoms with Gasteiger partial charge in [-0.2, -0.15) is 12.7 Å². The van der Waals surface area contributed by atoms with Crippen molar-refractivity contribution in [1.29, 1.82) is 0 Å².